The molecule has 1 saturated carbocycles. The molecule has 0 radical (unpaired) electrons. The summed E-state index contributed by atoms with van der Waals surface area (Å²) >= 11 is 0. The number of aryl methyl sites for hydroxylation is 1. The van der Waals surface area contributed by atoms with Crippen molar-refractivity contribution in [2.45, 2.75) is 63.0 Å². The number of nitrogens with one attached hydrogen (secondary N) is 1. The van der Waals surface area contributed by atoms with Crippen LogP contribution in [0.25, 0.3) is 0 Å². The number of ether oxygens (including phenoxy) is 1. The van der Waals surface area contributed by atoms with Crippen molar-refractivity contribution in [1.29, 1.82) is 0 Å². The van der Waals surface area contributed by atoms with Crippen molar-refractivity contribution < 1.29 is 4.74 Å². The second-order valence-electron chi connectivity index (χ2n) is 6.66. The lowest BCUT2D eigenvalue weighted by molar-refractivity contribution is -0.0982. The van der Waals surface area contributed by atoms with Gasteiger partial charge in [-0.3, -0.25) is 16.3 Å². The van der Waals surface area contributed by atoms with Gasteiger partial charge in [0.1, 0.15) is 0 Å². The van der Waals surface area contributed by atoms with Gasteiger partial charge in [-0.25, -0.2) is 0 Å². The zero-order chi connectivity index (χ0) is 14.5. The zero-order valence-electron chi connectivity index (χ0n) is 12.8. The first kappa shape index (κ1) is 14.9. The van der Waals surface area contributed by atoms with Crippen molar-refractivity contribution in [3.8, 4) is 0 Å². The third-order valence-electron chi connectivity index (χ3n) is 5.30. The molecule has 21 heavy (non-hydrogen) atoms. The number of hydrazine groups is 1. The summed E-state index contributed by atoms with van der Waals surface area (Å²) in [5.41, 5.74) is 4.54. The van der Waals surface area contributed by atoms with Crippen LogP contribution in [0.3, 0.4) is 0 Å². The number of hydrogen-bond donors (Lipinski definition) is 2. The Bertz CT molecular complexity index is 431. The fraction of sp³-hybridized carbons (Fsp3) is 0.706. The van der Waals surface area contributed by atoms with Crippen molar-refractivity contribution in [2.75, 3.05) is 6.61 Å². The highest BCUT2D eigenvalue weighted by molar-refractivity contribution is 5.09. The number of hydrogen-bond acceptors (Lipinski definition) is 4. The van der Waals surface area contributed by atoms with Crippen molar-refractivity contribution in [3.05, 3.63) is 30.1 Å². The Morgan fingerprint density at radius 2 is 2.29 bits per heavy atom. The normalized spacial score (nSPS) is 26.0. The van der Waals surface area contributed by atoms with Crippen LogP contribution in [0.2, 0.25) is 0 Å². The van der Waals surface area contributed by atoms with Gasteiger partial charge in [-0.15, -0.1) is 0 Å². The fourth-order valence-corrected chi connectivity index (χ4v) is 4.10. The number of nitrogens with zero attached hydrogens (tertiary/aromatic N) is 1. The predicted molar refractivity (Wildman–Crippen MR) is 83.5 cm³/mol. The van der Waals surface area contributed by atoms with Crippen LogP contribution in [-0.2, 0) is 11.2 Å². The van der Waals surface area contributed by atoms with Gasteiger partial charge in [0, 0.05) is 25.0 Å². The van der Waals surface area contributed by atoms with E-state index < -0.39 is 0 Å². The molecule has 4 nitrogen and oxygen atoms in total. The minimum absolute atomic E-state index is 0.173. The lowest BCUT2D eigenvalue weighted by atomic mass is 9.79. The molecule has 1 aliphatic heterocycles. The molecule has 2 aliphatic rings. The molecule has 4 heteroatoms. The summed E-state index contributed by atoms with van der Waals surface area (Å²) in [7, 11) is 0. The summed E-state index contributed by atoms with van der Waals surface area (Å²) in [6.07, 6.45) is 13.3. The van der Waals surface area contributed by atoms with Crippen molar-refractivity contribution in [2.24, 2.45) is 11.8 Å². The molecule has 0 bridgehead atoms. The smallest absolute Gasteiger partial charge is 0.0685 e. The van der Waals surface area contributed by atoms with Gasteiger partial charge in [-0.05, 0) is 56.1 Å². The molecule has 1 spiro atoms. The maximum atomic E-state index is 6.14. The Balaban J connectivity index is 1.57. The Morgan fingerprint density at radius 3 is 3.00 bits per heavy atom. The van der Waals surface area contributed by atoms with Crippen LogP contribution in [0.1, 0.15) is 50.5 Å². The monoisotopic (exact) mass is 289 g/mol. The molecule has 3 N–H and O–H groups in total. The van der Waals surface area contributed by atoms with E-state index in [0.29, 0.717) is 12.0 Å². The molecular weight excluding hydrogens is 262 g/mol. The fourth-order valence-electron chi connectivity index (χ4n) is 4.10. The SMILES string of the molecule is NNC(CCc1cccnc1)C1CCOC2(CCCC2)C1. The first-order valence-corrected chi connectivity index (χ1v) is 8.30. The van der Waals surface area contributed by atoms with Crippen molar-refractivity contribution >= 4 is 0 Å². The molecule has 3 rings (SSSR count). The van der Waals surface area contributed by atoms with Gasteiger partial charge in [-0.2, -0.15) is 0 Å². The van der Waals surface area contributed by atoms with Gasteiger partial charge in [0.2, 0.25) is 0 Å². The average molecular weight is 289 g/mol. The molecule has 1 aromatic rings. The Kier molecular flexibility index (Phi) is 4.88. The molecule has 0 amide bonds. The number of nitrogens with two attached hydrogens (primary N) is 1. The van der Waals surface area contributed by atoms with E-state index in [2.05, 4.69) is 16.5 Å². The summed E-state index contributed by atoms with van der Waals surface area (Å²) in [6.45, 7) is 0.899. The molecule has 116 valence electrons. The molecule has 1 aromatic heterocycles. The van der Waals surface area contributed by atoms with Gasteiger partial charge in [0.25, 0.3) is 0 Å². The van der Waals surface area contributed by atoms with E-state index in [9.17, 15) is 0 Å². The molecule has 2 unspecified atom stereocenters. The molecule has 2 fully saturated rings. The summed E-state index contributed by atoms with van der Waals surface area (Å²) < 4.78 is 6.14. The van der Waals surface area contributed by atoms with Crippen molar-refractivity contribution in [3.63, 3.8) is 0 Å². The molecule has 0 aromatic carbocycles. The van der Waals surface area contributed by atoms with Crippen LogP contribution < -0.4 is 11.3 Å². The highest BCUT2D eigenvalue weighted by Crippen LogP contribution is 2.43. The topological polar surface area (TPSA) is 60.2 Å². The number of rotatable bonds is 5. The van der Waals surface area contributed by atoms with E-state index in [4.69, 9.17) is 10.6 Å². The van der Waals surface area contributed by atoms with Gasteiger partial charge in [-0.1, -0.05) is 18.9 Å². The predicted octanol–water partition coefficient (Wildman–Crippen LogP) is 2.59. The second kappa shape index (κ2) is 6.86. The van der Waals surface area contributed by atoms with Crippen molar-refractivity contribution in [1.82, 2.24) is 10.4 Å². The first-order chi connectivity index (χ1) is 10.3. The summed E-state index contributed by atoms with van der Waals surface area (Å²) in [5.74, 6) is 6.49. The summed E-state index contributed by atoms with van der Waals surface area (Å²) in [5, 5.41) is 0. The Labute approximate surface area is 127 Å². The minimum atomic E-state index is 0.173. The van der Waals surface area contributed by atoms with Crippen LogP contribution in [0.4, 0.5) is 0 Å². The van der Waals surface area contributed by atoms with Gasteiger partial charge in [0.15, 0.2) is 0 Å². The summed E-state index contributed by atoms with van der Waals surface area (Å²) in [4.78, 5) is 4.19. The lowest BCUT2D eigenvalue weighted by Gasteiger charge is -2.41. The molecular formula is C17H27N3O. The maximum absolute atomic E-state index is 6.14. The van der Waals surface area contributed by atoms with Gasteiger partial charge in [0.05, 0.1) is 5.60 Å². The number of aromatic nitrogens is 1. The first-order valence-electron chi connectivity index (χ1n) is 8.30. The van der Waals surface area contributed by atoms with E-state index in [1.807, 2.05) is 18.5 Å². The van der Waals surface area contributed by atoms with E-state index >= 15 is 0 Å². The molecule has 2 heterocycles. The van der Waals surface area contributed by atoms with E-state index in [1.165, 1.54) is 37.7 Å². The number of pyridine rings is 1. The molecule has 1 aliphatic carbocycles. The largest absolute Gasteiger partial charge is 0.375 e. The highest BCUT2D eigenvalue weighted by atomic mass is 16.5. The second-order valence-corrected chi connectivity index (χ2v) is 6.66. The van der Waals surface area contributed by atoms with E-state index in [-0.39, 0.29) is 5.60 Å². The van der Waals surface area contributed by atoms with Gasteiger partial charge < -0.3 is 4.74 Å². The quantitative estimate of drug-likeness (QED) is 0.646. The van der Waals surface area contributed by atoms with Crippen LogP contribution in [0, 0.1) is 5.92 Å². The van der Waals surface area contributed by atoms with Crippen LogP contribution >= 0.6 is 0 Å². The standard InChI is InChI=1S/C17H27N3O/c18-20-16(6-5-14-4-3-10-19-13-14)15-7-11-21-17(12-15)8-1-2-9-17/h3-4,10,13,15-16,20H,1-2,5-9,11-12,18H2. The zero-order valence-corrected chi connectivity index (χ0v) is 12.8. The summed E-state index contributed by atoms with van der Waals surface area (Å²) in [6, 6.07) is 4.53. The third-order valence-corrected chi connectivity index (χ3v) is 5.30. The Morgan fingerprint density at radius 1 is 1.43 bits per heavy atom. The van der Waals surface area contributed by atoms with Crippen LogP contribution in [0.5, 0.6) is 0 Å². The minimum Gasteiger partial charge on any atom is -0.375 e. The molecule has 1 saturated heterocycles. The molecule has 2 atom stereocenters. The van der Waals surface area contributed by atoms with E-state index in [0.717, 1.165) is 25.9 Å². The lowest BCUT2D eigenvalue weighted by Crippen LogP contribution is -2.48. The Hall–Kier alpha value is -0.970. The van der Waals surface area contributed by atoms with Gasteiger partial charge >= 0.3 is 0 Å². The van der Waals surface area contributed by atoms with E-state index in [1.54, 1.807) is 0 Å². The average Bonchev–Trinajstić information content (AvgIpc) is 2.97. The maximum Gasteiger partial charge on any atom is 0.0685 e. The highest BCUT2D eigenvalue weighted by Gasteiger charge is 2.41. The van der Waals surface area contributed by atoms with Crippen LogP contribution in [0.15, 0.2) is 24.5 Å². The van der Waals surface area contributed by atoms with Crippen LogP contribution in [-0.4, -0.2) is 23.2 Å². The third kappa shape index (κ3) is 3.62.